The van der Waals surface area contributed by atoms with Gasteiger partial charge in [0.2, 0.25) is 5.91 Å². The van der Waals surface area contributed by atoms with Crippen LogP contribution in [-0.2, 0) is 10.3 Å². The van der Waals surface area contributed by atoms with E-state index in [-0.39, 0.29) is 17.4 Å². The second-order valence-corrected chi connectivity index (χ2v) is 10.2. The molecule has 2 heterocycles. The maximum atomic E-state index is 13.4. The Morgan fingerprint density at radius 3 is 2.30 bits per heavy atom. The molecule has 7 heteroatoms. The summed E-state index contributed by atoms with van der Waals surface area (Å²) in [5.74, 6) is 0.456. The monoisotopic (exact) mass is 492 g/mol. The van der Waals surface area contributed by atoms with Crippen molar-refractivity contribution >= 4 is 11.7 Å². The number of aromatic nitrogens is 3. The van der Waals surface area contributed by atoms with E-state index in [1.165, 1.54) is 0 Å². The average Bonchev–Trinajstić information content (AvgIpc) is 3.41. The van der Waals surface area contributed by atoms with Gasteiger partial charge in [-0.2, -0.15) is 10.4 Å². The Morgan fingerprint density at radius 1 is 0.973 bits per heavy atom. The molecule has 2 aromatic carbocycles. The predicted octanol–water partition coefficient (Wildman–Crippen LogP) is 5.64. The average molecular weight is 493 g/mol. The Hall–Kier alpha value is -4.28. The molecule has 0 saturated heterocycles. The minimum atomic E-state index is -0.548. The van der Waals surface area contributed by atoms with E-state index in [4.69, 9.17) is 5.26 Å². The lowest BCUT2D eigenvalue weighted by molar-refractivity contribution is -0.118. The van der Waals surface area contributed by atoms with Crippen LogP contribution in [0.15, 0.2) is 85.3 Å². The van der Waals surface area contributed by atoms with Crippen molar-refractivity contribution in [3.63, 3.8) is 0 Å². The van der Waals surface area contributed by atoms with Crippen LogP contribution in [0.1, 0.15) is 56.3 Å². The number of anilines is 1. The van der Waals surface area contributed by atoms with E-state index in [0.717, 1.165) is 22.3 Å². The summed E-state index contributed by atoms with van der Waals surface area (Å²) in [6, 6.07) is 22.5. The van der Waals surface area contributed by atoms with Gasteiger partial charge in [0.1, 0.15) is 11.9 Å². The summed E-state index contributed by atoms with van der Waals surface area (Å²) in [5.41, 5.74) is 4.41. The Bertz CT molecular complexity index is 1360. The third-order valence-corrected chi connectivity index (χ3v) is 6.25. The zero-order valence-corrected chi connectivity index (χ0v) is 21.6. The first-order valence-corrected chi connectivity index (χ1v) is 12.4. The molecule has 0 aliphatic heterocycles. The third-order valence-electron chi connectivity index (χ3n) is 6.25. The first-order chi connectivity index (χ1) is 17.7. The Balaban J connectivity index is 1.45. The number of nitrogens with zero attached hydrogens (tertiary/aromatic N) is 4. The standard InChI is InChI=1S/C30H32N6O/c1-21(23-12-10-22(16-31)11-13-23)17-33-28(24-8-6-5-7-9-24)29(37)35-27-15-14-25(18-32-27)26-19-34-36(20-26)30(2,3)4/h5-15,18-21,28,33H,17H2,1-4H3,(H,32,35,37)/t21-,28+/m1/s1. The van der Waals surface area contributed by atoms with Crippen LogP contribution in [0.3, 0.4) is 0 Å². The van der Waals surface area contributed by atoms with Crippen LogP contribution in [0.25, 0.3) is 11.1 Å². The minimum absolute atomic E-state index is 0.101. The molecular formula is C30H32N6O. The van der Waals surface area contributed by atoms with E-state index in [1.54, 1.807) is 6.20 Å². The Morgan fingerprint density at radius 2 is 1.70 bits per heavy atom. The van der Waals surface area contributed by atoms with Gasteiger partial charge in [-0.1, -0.05) is 49.4 Å². The van der Waals surface area contributed by atoms with E-state index >= 15 is 0 Å². The van der Waals surface area contributed by atoms with Gasteiger partial charge < -0.3 is 10.6 Å². The fraction of sp³-hybridized carbons (Fsp3) is 0.267. The van der Waals surface area contributed by atoms with Gasteiger partial charge in [-0.3, -0.25) is 9.48 Å². The normalized spacial score (nSPS) is 12.9. The smallest absolute Gasteiger partial charge is 0.247 e. The van der Waals surface area contributed by atoms with Crippen molar-refractivity contribution in [1.29, 1.82) is 5.26 Å². The maximum absolute atomic E-state index is 13.4. The highest BCUT2D eigenvalue weighted by atomic mass is 16.2. The van der Waals surface area contributed by atoms with Gasteiger partial charge in [-0.05, 0) is 62.1 Å². The molecule has 0 fully saturated rings. The first-order valence-electron chi connectivity index (χ1n) is 12.4. The largest absolute Gasteiger partial charge is 0.309 e. The summed E-state index contributed by atoms with van der Waals surface area (Å²) in [4.78, 5) is 17.8. The van der Waals surface area contributed by atoms with Gasteiger partial charge in [0.25, 0.3) is 0 Å². The van der Waals surface area contributed by atoms with E-state index in [1.807, 2.05) is 83.8 Å². The number of carbonyl (C=O) groups excluding carboxylic acids is 1. The highest BCUT2D eigenvalue weighted by Crippen LogP contribution is 2.23. The third kappa shape index (κ3) is 6.49. The second kappa shape index (κ2) is 11.2. The molecule has 188 valence electrons. The molecular weight excluding hydrogens is 460 g/mol. The number of nitrogens with one attached hydrogen (secondary N) is 2. The lowest BCUT2D eigenvalue weighted by Gasteiger charge is -2.21. The maximum Gasteiger partial charge on any atom is 0.247 e. The molecule has 7 nitrogen and oxygen atoms in total. The van der Waals surface area contributed by atoms with E-state index in [2.05, 4.69) is 54.5 Å². The topological polar surface area (TPSA) is 95.6 Å². The molecule has 37 heavy (non-hydrogen) atoms. The molecule has 2 atom stereocenters. The van der Waals surface area contributed by atoms with Gasteiger partial charge >= 0.3 is 0 Å². The summed E-state index contributed by atoms with van der Waals surface area (Å²) in [6.45, 7) is 8.98. The van der Waals surface area contributed by atoms with Crippen molar-refractivity contribution in [3.05, 3.63) is 102 Å². The number of pyridine rings is 1. The first kappa shape index (κ1) is 25.8. The van der Waals surface area contributed by atoms with Crippen LogP contribution in [-0.4, -0.2) is 27.2 Å². The number of benzene rings is 2. The lowest BCUT2D eigenvalue weighted by atomic mass is 9.98. The van der Waals surface area contributed by atoms with E-state index in [9.17, 15) is 4.79 Å². The van der Waals surface area contributed by atoms with Crippen molar-refractivity contribution in [2.45, 2.75) is 45.2 Å². The number of hydrogen-bond donors (Lipinski definition) is 2. The zero-order valence-electron chi connectivity index (χ0n) is 21.6. The molecule has 0 bridgehead atoms. The van der Waals surface area contributed by atoms with Crippen LogP contribution in [0.5, 0.6) is 0 Å². The van der Waals surface area contributed by atoms with Gasteiger partial charge in [-0.25, -0.2) is 4.98 Å². The van der Waals surface area contributed by atoms with Gasteiger partial charge in [0, 0.05) is 30.1 Å². The van der Waals surface area contributed by atoms with E-state index < -0.39 is 6.04 Å². The van der Waals surface area contributed by atoms with Gasteiger partial charge in [-0.15, -0.1) is 0 Å². The highest BCUT2D eigenvalue weighted by Gasteiger charge is 2.22. The van der Waals surface area contributed by atoms with E-state index in [0.29, 0.717) is 17.9 Å². The lowest BCUT2D eigenvalue weighted by Crippen LogP contribution is -2.35. The minimum Gasteiger partial charge on any atom is -0.309 e. The number of amides is 1. The number of hydrogen-bond acceptors (Lipinski definition) is 5. The van der Waals surface area contributed by atoms with Crippen molar-refractivity contribution in [2.75, 3.05) is 11.9 Å². The molecule has 0 aliphatic carbocycles. The Labute approximate surface area is 218 Å². The fourth-order valence-corrected chi connectivity index (χ4v) is 3.98. The molecule has 4 aromatic rings. The summed E-state index contributed by atoms with van der Waals surface area (Å²) in [7, 11) is 0. The molecule has 0 radical (unpaired) electrons. The van der Waals surface area contributed by atoms with Crippen LogP contribution in [0, 0.1) is 11.3 Å². The van der Waals surface area contributed by atoms with Crippen LogP contribution < -0.4 is 10.6 Å². The van der Waals surface area contributed by atoms with Gasteiger partial charge in [0.05, 0.1) is 23.4 Å². The zero-order chi connectivity index (χ0) is 26.4. The summed E-state index contributed by atoms with van der Waals surface area (Å²) < 4.78 is 1.92. The highest BCUT2D eigenvalue weighted by molar-refractivity contribution is 5.95. The van der Waals surface area contributed by atoms with Crippen LogP contribution in [0.4, 0.5) is 5.82 Å². The molecule has 0 spiro atoms. The number of carbonyl (C=O) groups is 1. The molecule has 0 saturated carbocycles. The number of rotatable bonds is 8. The molecule has 2 aromatic heterocycles. The predicted molar refractivity (Wildman–Crippen MR) is 146 cm³/mol. The summed E-state index contributed by atoms with van der Waals surface area (Å²) in [5, 5.41) is 19.9. The van der Waals surface area contributed by atoms with Crippen LogP contribution >= 0.6 is 0 Å². The fourth-order valence-electron chi connectivity index (χ4n) is 3.98. The second-order valence-electron chi connectivity index (χ2n) is 10.2. The van der Waals surface area contributed by atoms with Crippen molar-refractivity contribution < 1.29 is 4.79 Å². The van der Waals surface area contributed by atoms with Crippen LogP contribution in [0.2, 0.25) is 0 Å². The quantitative estimate of drug-likeness (QED) is 0.332. The Kier molecular flexibility index (Phi) is 7.80. The van der Waals surface area contributed by atoms with Crippen molar-refractivity contribution in [1.82, 2.24) is 20.1 Å². The molecule has 0 unspecified atom stereocenters. The molecule has 4 rings (SSSR count). The van der Waals surface area contributed by atoms with Crippen molar-refractivity contribution in [2.24, 2.45) is 0 Å². The van der Waals surface area contributed by atoms with Crippen molar-refractivity contribution in [3.8, 4) is 17.2 Å². The molecule has 0 aliphatic rings. The summed E-state index contributed by atoms with van der Waals surface area (Å²) >= 11 is 0. The molecule has 1 amide bonds. The van der Waals surface area contributed by atoms with Gasteiger partial charge in [0.15, 0.2) is 0 Å². The summed E-state index contributed by atoms with van der Waals surface area (Å²) in [6.07, 6.45) is 5.57. The molecule has 2 N–H and O–H groups in total. The SMILES string of the molecule is C[C@H](CN[C@H](C(=O)Nc1ccc(-c2cnn(C(C)(C)C)c2)cn1)c1ccccc1)c1ccc(C#N)cc1. The number of nitriles is 1.